The Morgan fingerprint density at radius 1 is 0.860 bits per heavy atom. The average Bonchev–Trinajstić information content (AvgIpc) is 3.72. The summed E-state index contributed by atoms with van der Waals surface area (Å²) < 4.78 is 35.0. The number of thiophene rings is 1. The Labute approximate surface area is 248 Å². The van der Waals surface area contributed by atoms with Crippen LogP contribution in [0, 0.1) is 17.0 Å². The number of aromatic nitrogens is 1. The lowest BCUT2D eigenvalue weighted by Gasteiger charge is -2.16. The summed E-state index contributed by atoms with van der Waals surface area (Å²) in [5.74, 6) is -2.06. The van der Waals surface area contributed by atoms with E-state index in [0.29, 0.717) is 40.1 Å². The average molecular weight is 599 g/mol. The number of benzene rings is 3. The molecule has 2 heterocycles. The third-order valence-electron chi connectivity index (χ3n) is 7.14. The zero-order chi connectivity index (χ0) is 30.1. The Hall–Kier alpha value is -5.16. The van der Waals surface area contributed by atoms with Crippen LogP contribution in [-0.4, -0.2) is 29.8 Å². The number of rotatable bonds is 8. The van der Waals surface area contributed by atoms with Crippen LogP contribution in [0.15, 0.2) is 85.1 Å². The first-order valence-corrected chi connectivity index (χ1v) is 14.1. The fraction of sp³-hybridized carbons (Fsp3) is 0.125. The Morgan fingerprint density at radius 2 is 1.58 bits per heavy atom. The number of nitrogens with zero attached hydrogens (tertiary/aromatic N) is 1. The largest absolute Gasteiger partial charge is 0.453 e. The molecule has 3 N–H and O–H groups in total. The van der Waals surface area contributed by atoms with Gasteiger partial charge >= 0.3 is 0 Å². The molecule has 43 heavy (non-hydrogen) atoms. The highest BCUT2D eigenvalue weighted by Crippen LogP contribution is 2.48. The minimum Gasteiger partial charge on any atom is -0.453 e. The van der Waals surface area contributed by atoms with E-state index in [1.54, 1.807) is 37.5 Å². The highest BCUT2D eigenvalue weighted by atomic mass is 32.1. The maximum Gasteiger partial charge on any atom is 0.251 e. The van der Waals surface area contributed by atoms with E-state index in [1.807, 2.05) is 12.1 Å². The van der Waals surface area contributed by atoms with Gasteiger partial charge in [-0.1, -0.05) is 12.1 Å². The molecule has 3 aromatic carbocycles. The lowest BCUT2D eigenvalue weighted by Crippen LogP contribution is -2.35. The summed E-state index contributed by atoms with van der Waals surface area (Å²) in [6.07, 6.45) is 2.24. The zero-order valence-corrected chi connectivity index (χ0v) is 23.6. The number of halogens is 2. The number of carbonyl (C=O) groups is 3. The first kappa shape index (κ1) is 28.0. The molecular weight excluding hydrogens is 574 g/mol. The second kappa shape index (κ2) is 11.3. The molecule has 2 aromatic heterocycles. The fourth-order valence-corrected chi connectivity index (χ4v) is 5.65. The van der Waals surface area contributed by atoms with E-state index in [0.717, 1.165) is 16.5 Å². The summed E-state index contributed by atoms with van der Waals surface area (Å²) in [5.41, 5.74) is 1.28. The Kier molecular flexibility index (Phi) is 7.32. The number of carbonyl (C=O) groups excluding carboxylic acids is 3. The first-order chi connectivity index (χ1) is 20.8. The number of anilines is 2. The van der Waals surface area contributed by atoms with E-state index in [9.17, 15) is 18.8 Å². The topological polar surface area (TPSA) is 109 Å². The van der Waals surface area contributed by atoms with Crippen molar-refractivity contribution in [3.05, 3.63) is 102 Å². The Bertz CT molecular complexity index is 1890. The zero-order valence-electron chi connectivity index (χ0n) is 22.7. The second-order valence-corrected chi connectivity index (χ2v) is 11.1. The quantitative estimate of drug-likeness (QED) is 0.171. The van der Waals surface area contributed by atoms with Crippen LogP contribution < -0.4 is 20.7 Å². The Balaban J connectivity index is 1.17. The van der Waals surface area contributed by atoms with E-state index >= 15 is 4.39 Å². The maximum absolute atomic E-state index is 15.2. The molecule has 216 valence electrons. The monoisotopic (exact) mass is 598 g/mol. The van der Waals surface area contributed by atoms with E-state index in [-0.39, 0.29) is 17.3 Å². The van der Waals surface area contributed by atoms with Crippen molar-refractivity contribution < 1.29 is 27.9 Å². The van der Waals surface area contributed by atoms with Crippen molar-refractivity contribution in [1.82, 2.24) is 10.3 Å². The summed E-state index contributed by atoms with van der Waals surface area (Å²) in [5, 5.41) is 7.88. The van der Waals surface area contributed by atoms with Crippen molar-refractivity contribution >= 4 is 50.6 Å². The summed E-state index contributed by atoms with van der Waals surface area (Å²) in [4.78, 5) is 43.2. The lowest BCUT2D eigenvalue weighted by atomic mass is 10.0. The maximum atomic E-state index is 15.2. The summed E-state index contributed by atoms with van der Waals surface area (Å²) >= 11 is 1.40. The minimum absolute atomic E-state index is 0.0581. The van der Waals surface area contributed by atoms with E-state index < -0.39 is 28.9 Å². The van der Waals surface area contributed by atoms with Crippen LogP contribution in [0.2, 0.25) is 0 Å². The van der Waals surface area contributed by atoms with Gasteiger partial charge in [0.2, 0.25) is 11.8 Å². The van der Waals surface area contributed by atoms with Crippen molar-refractivity contribution in [2.45, 2.75) is 12.8 Å². The van der Waals surface area contributed by atoms with E-state index in [1.165, 1.54) is 47.7 Å². The summed E-state index contributed by atoms with van der Waals surface area (Å²) in [6, 6.07) is 20.0. The van der Waals surface area contributed by atoms with Crippen molar-refractivity contribution in [1.29, 1.82) is 0 Å². The molecule has 3 amide bonds. The molecule has 0 aliphatic heterocycles. The molecule has 0 bridgehead atoms. The number of amides is 3. The van der Waals surface area contributed by atoms with Gasteiger partial charge in [-0.25, -0.2) is 8.78 Å². The third-order valence-corrected chi connectivity index (χ3v) is 8.33. The van der Waals surface area contributed by atoms with Gasteiger partial charge in [-0.3, -0.25) is 19.4 Å². The van der Waals surface area contributed by atoms with Gasteiger partial charge in [0.05, 0.1) is 10.2 Å². The van der Waals surface area contributed by atoms with Crippen LogP contribution >= 0.6 is 11.3 Å². The van der Waals surface area contributed by atoms with Crippen molar-refractivity contribution in [2.24, 2.45) is 5.41 Å². The molecule has 0 radical (unpaired) electrons. The molecule has 1 aliphatic carbocycles. The highest BCUT2D eigenvalue weighted by Gasteiger charge is 2.56. The minimum atomic E-state index is -1.28. The standard InChI is InChI=1S/C32H24F2N4O4S/c1-35-29(39)19-4-2-3-18(15-19)27-17-24-28(43-27)26(11-14-36-24)42-25-10-9-22(16-23(25)34)38-31(41)32(12-13-32)30(40)37-21-7-5-20(33)6-8-21/h2-11,14-17H,12-13H2,1H3,(H,35,39)(H,37,40)(H,38,41). The third kappa shape index (κ3) is 5.67. The number of hydrogen-bond acceptors (Lipinski definition) is 6. The van der Waals surface area contributed by atoms with Gasteiger partial charge in [-0.15, -0.1) is 11.3 Å². The molecule has 8 nitrogen and oxygen atoms in total. The molecule has 0 unspecified atom stereocenters. The smallest absolute Gasteiger partial charge is 0.251 e. The molecule has 1 saturated carbocycles. The van der Waals surface area contributed by atoms with Crippen LogP contribution in [0.1, 0.15) is 23.2 Å². The first-order valence-electron chi connectivity index (χ1n) is 13.3. The molecule has 5 aromatic rings. The SMILES string of the molecule is CNC(=O)c1cccc(-c2cc3nccc(Oc4ccc(NC(=O)C5(C(=O)Nc6ccc(F)cc6)CC5)cc4F)c3s2)c1. The highest BCUT2D eigenvalue weighted by molar-refractivity contribution is 7.22. The van der Waals surface area contributed by atoms with Gasteiger partial charge in [0.25, 0.3) is 5.91 Å². The van der Waals surface area contributed by atoms with Crippen LogP contribution in [0.5, 0.6) is 11.5 Å². The molecule has 11 heteroatoms. The fourth-order valence-electron chi connectivity index (χ4n) is 4.59. The van der Waals surface area contributed by atoms with Gasteiger partial charge < -0.3 is 20.7 Å². The molecule has 1 aliphatic rings. The molecule has 0 atom stereocenters. The van der Waals surface area contributed by atoms with E-state index in [4.69, 9.17) is 4.74 Å². The van der Waals surface area contributed by atoms with Crippen LogP contribution in [-0.2, 0) is 9.59 Å². The normalized spacial score (nSPS) is 13.3. The predicted octanol–water partition coefficient (Wildman–Crippen LogP) is 6.75. The van der Waals surface area contributed by atoms with Crippen LogP contribution in [0.4, 0.5) is 20.2 Å². The van der Waals surface area contributed by atoms with E-state index in [2.05, 4.69) is 20.9 Å². The second-order valence-electron chi connectivity index (χ2n) is 10.0. The molecule has 0 saturated heterocycles. The van der Waals surface area contributed by atoms with Gasteiger partial charge in [0.1, 0.15) is 17.0 Å². The number of hydrogen-bond donors (Lipinski definition) is 3. The predicted molar refractivity (Wildman–Crippen MR) is 160 cm³/mol. The lowest BCUT2D eigenvalue weighted by molar-refractivity contribution is -0.131. The van der Waals surface area contributed by atoms with Crippen molar-refractivity contribution in [3.8, 4) is 21.9 Å². The summed E-state index contributed by atoms with van der Waals surface area (Å²) in [6.45, 7) is 0. The van der Waals surface area contributed by atoms with Crippen molar-refractivity contribution in [3.63, 3.8) is 0 Å². The van der Waals surface area contributed by atoms with Crippen LogP contribution in [0.25, 0.3) is 20.7 Å². The molecular formula is C32H24F2N4O4S. The van der Waals surface area contributed by atoms with Gasteiger partial charge in [-0.2, -0.15) is 0 Å². The summed E-state index contributed by atoms with van der Waals surface area (Å²) in [7, 11) is 1.57. The molecule has 6 rings (SSSR count). The van der Waals surface area contributed by atoms with Gasteiger partial charge in [-0.05, 0) is 73.0 Å². The Morgan fingerprint density at radius 3 is 2.28 bits per heavy atom. The van der Waals surface area contributed by atoms with Crippen LogP contribution in [0.3, 0.4) is 0 Å². The van der Waals surface area contributed by atoms with Gasteiger partial charge in [0.15, 0.2) is 11.6 Å². The number of fused-ring (bicyclic) bond motifs is 1. The van der Waals surface area contributed by atoms with Crippen molar-refractivity contribution in [2.75, 3.05) is 17.7 Å². The molecule has 1 fully saturated rings. The molecule has 0 spiro atoms. The van der Waals surface area contributed by atoms with Gasteiger partial charge in [0, 0.05) is 47.2 Å². The number of pyridine rings is 1. The number of ether oxygens (including phenoxy) is 1. The number of nitrogens with one attached hydrogen (secondary N) is 3.